The van der Waals surface area contributed by atoms with Gasteiger partial charge in [0, 0.05) is 44.2 Å². The van der Waals surface area contributed by atoms with Gasteiger partial charge in [0.05, 0.1) is 12.1 Å². The van der Waals surface area contributed by atoms with Gasteiger partial charge in [-0.1, -0.05) is 5.16 Å². The van der Waals surface area contributed by atoms with E-state index in [0.717, 1.165) is 19.3 Å². The minimum absolute atomic E-state index is 0.00532. The lowest BCUT2D eigenvalue weighted by atomic mass is 9.96. The third-order valence-electron chi connectivity index (χ3n) is 5.18. The standard InChI is InChI=1S/C18H21N5O4/c24-14-4-3-13(10-19-14)18-20-17(21-27-18)12-5-8-22(9-6-12)16(26)11-23-7-1-2-15(23)25/h3-4,10,12H,1-2,5-9,11H2,(H,19,24). The van der Waals surface area contributed by atoms with Crippen molar-refractivity contribution in [2.75, 3.05) is 26.2 Å². The Morgan fingerprint density at radius 1 is 1.22 bits per heavy atom. The number of H-pyrrole nitrogens is 1. The van der Waals surface area contributed by atoms with Gasteiger partial charge < -0.3 is 19.3 Å². The van der Waals surface area contributed by atoms with Crippen LogP contribution in [0.15, 0.2) is 27.6 Å². The molecule has 0 aromatic carbocycles. The molecule has 142 valence electrons. The van der Waals surface area contributed by atoms with E-state index in [2.05, 4.69) is 15.1 Å². The number of nitrogens with one attached hydrogen (secondary N) is 1. The molecule has 0 spiro atoms. The largest absolute Gasteiger partial charge is 0.341 e. The minimum Gasteiger partial charge on any atom is -0.341 e. The lowest BCUT2D eigenvalue weighted by Crippen LogP contribution is -2.44. The van der Waals surface area contributed by atoms with Crippen molar-refractivity contribution in [1.82, 2.24) is 24.9 Å². The highest BCUT2D eigenvalue weighted by Crippen LogP contribution is 2.28. The first-order valence-electron chi connectivity index (χ1n) is 9.18. The van der Waals surface area contributed by atoms with Crippen LogP contribution in [0.4, 0.5) is 0 Å². The predicted octanol–water partition coefficient (Wildman–Crippen LogP) is 0.753. The molecular formula is C18H21N5O4. The van der Waals surface area contributed by atoms with Gasteiger partial charge in [0.2, 0.25) is 17.4 Å². The van der Waals surface area contributed by atoms with Crippen molar-refractivity contribution in [2.45, 2.75) is 31.6 Å². The lowest BCUT2D eigenvalue weighted by molar-refractivity contribution is -0.139. The van der Waals surface area contributed by atoms with Crippen LogP contribution in [-0.2, 0) is 9.59 Å². The van der Waals surface area contributed by atoms with Crippen molar-refractivity contribution in [2.24, 2.45) is 0 Å². The molecular weight excluding hydrogens is 350 g/mol. The second-order valence-electron chi connectivity index (χ2n) is 6.97. The number of hydrogen-bond donors (Lipinski definition) is 1. The van der Waals surface area contributed by atoms with Crippen LogP contribution in [-0.4, -0.2) is 62.9 Å². The number of nitrogens with zero attached hydrogens (tertiary/aromatic N) is 4. The molecule has 2 amide bonds. The zero-order chi connectivity index (χ0) is 18.8. The third kappa shape index (κ3) is 3.76. The van der Waals surface area contributed by atoms with Crippen molar-refractivity contribution in [3.63, 3.8) is 0 Å². The fraction of sp³-hybridized carbons (Fsp3) is 0.500. The van der Waals surface area contributed by atoms with E-state index in [0.29, 0.717) is 43.3 Å². The zero-order valence-corrected chi connectivity index (χ0v) is 14.9. The average Bonchev–Trinajstić information content (AvgIpc) is 3.32. The van der Waals surface area contributed by atoms with Gasteiger partial charge in [0.1, 0.15) is 0 Å². The van der Waals surface area contributed by atoms with Crippen LogP contribution in [0.1, 0.15) is 37.4 Å². The third-order valence-corrected chi connectivity index (χ3v) is 5.18. The molecule has 0 unspecified atom stereocenters. The first kappa shape index (κ1) is 17.4. The van der Waals surface area contributed by atoms with Crippen molar-refractivity contribution in [1.29, 1.82) is 0 Å². The quantitative estimate of drug-likeness (QED) is 0.849. The number of likely N-dealkylation sites (tertiary alicyclic amines) is 2. The number of aromatic nitrogens is 3. The number of piperidine rings is 1. The molecule has 9 heteroatoms. The fourth-order valence-electron chi connectivity index (χ4n) is 3.58. The molecule has 0 saturated carbocycles. The molecule has 0 radical (unpaired) electrons. The summed E-state index contributed by atoms with van der Waals surface area (Å²) in [5, 5.41) is 4.07. The van der Waals surface area contributed by atoms with Gasteiger partial charge in [0.15, 0.2) is 5.82 Å². The highest BCUT2D eigenvalue weighted by atomic mass is 16.5. The summed E-state index contributed by atoms with van der Waals surface area (Å²) in [7, 11) is 0. The SMILES string of the molecule is O=C(CN1CCCC1=O)N1CCC(c2noc(-c3ccc(=O)[nH]c3)n2)CC1. The van der Waals surface area contributed by atoms with Crippen molar-refractivity contribution < 1.29 is 14.1 Å². The molecule has 1 N–H and O–H groups in total. The van der Waals surface area contributed by atoms with E-state index >= 15 is 0 Å². The summed E-state index contributed by atoms with van der Waals surface area (Å²) in [6.45, 7) is 2.10. The summed E-state index contributed by atoms with van der Waals surface area (Å²) in [4.78, 5) is 45.7. The Balaban J connectivity index is 1.34. The highest BCUT2D eigenvalue weighted by Gasteiger charge is 2.29. The Labute approximate surface area is 155 Å². The Morgan fingerprint density at radius 2 is 2.04 bits per heavy atom. The normalized spacial score (nSPS) is 18.3. The zero-order valence-electron chi connectivity index (χ0n) is 14.9. The maximum absolute atomic E-state index is 12.4. The van der Waals surface area contributed by atoms with Crippen LogP contribution >= 0.6 is 0 Å². The molecule has 2 aliphatic heterocycles. The highest BCUT2D eigenvalue weighted by molar-refractivity contribution is 5.85. The number of carbonyl (C=O) groups is 2. The van der Waals surface area contributed by atoms with Crippen LogP contribution in [0.2, 0.25) is 0 Å². The van der Waals surface area contributed by atoms with Gasteiger partial charge in [-0.25, -0.2) is 0 Å². The number of pyridine rings is 1. The molecule has 0 atom stereocenters. The first-order valence-corrected chi connectivity index (χ1v) is 9.18. The van der Waals surface area contributed by atoms with Gasteiger partial charge in [-0.3, -0.25) is 14.4 Å². The summed E-state index contributed by atoms with van der Waals surface area (Å²) in [5.74, 6) is 1.19. The number of aromatic amines is 1. The van der Waals surface area contributed by atoms with E-state index in [4.69, 9.17) is 4.52 Å². The summed E-state index contributed by atoms with van der Waals surface area (Å²) < 4.78 is 5.31. The Bertz CT molecular complexity index is 877. The van der Waals surface area contributed by atoms with Crippen LogP contribution < -0.4 is 5.56 Å². The van der Waals surface area contributed by atoms with E-state index in [1.54, 1.807) is 17.2 Å². The van der Waals surface area contributed by atoms with Gasteiger partial charge in [-0.2, -0.15) is 4.98 Å². The molecule has 2 aromatic rings. The van der Waals surface area contributed by atoms with Gasteiger partial charge in [-0.05, 0) is 25.3 Å². The molecule has 2 aromatic heterocycles. The monoisotopic (exact) mass is 371 g/mol. The van der Waals surface area contributed by atoms with E-state index in [1.807, 2.05) is 4.90 Å². The summed E-state index contributed by atoms with van der Waals surface area (Å²) >= 11 is 0. The molecule has 4 heterocycles. The van der Waals surface area contributed by atoms with E-state index < -0.39 is 0 Å². The smallest absolute Gasteiger partial charge is 0.259 e. The molecule has 27 heavy (non-hydrogen) atoms. The Morgan fingerprint density at radius 3 is 2.70 bits per heavy atom. The van der Waals surface area contributed by atoms with Gasteiger partial charge >= 0.3 is 0 Å². The number of amides is 2. The van der Waals surface area contributed by atoms with Gasteiger partial charge in [-0.15, -0.1) is 0 Å². The molecule has 4 rings (SSSR count). The molecule has 2 fully saturated rings. The van der Waals surface area contributed by atoms with Gasteiger partial charge in [0.25, 0.3) is 5.89 Å². The number of hydrogen-bond acceptors (Lipinski definition) is 6. The molecule has 0 aliphatic carbocycles. The number of carbonyl (C=O) groups excluding carboxylic acids is 2. The molecule has 2 aliphatic rings. The lowest BCUT2D eigenvalue weighted by Gasteiger charge is -2.31. The van der Waals surface area contributed by atoms with Crippen LogP contribution in [0.5, 0.6) is 0 Å². The molecule has 2 saturated heterocycles. The summed E-state index contributed by atoms with van der Waals surface area (Å²) in [6.07, 6.45) is 4.43. The van der Waals surface area contributed by atoms with Crippen molar-refractivity contribution in [3.8, 4) is 11.5 Å². The topological polar surface area (TPSA) is 112 Å². The molecule has 0 bridgehead atoms. The van der Waals surface area contributed by atoms with Crippen LogP contribution in [0, 0.1) is 0 Å². The Kier molecular flexibility index (Phi) is 4.74. The fourth-order valence-corrected chi connectivity index (χ4v) is 3.58. The van der Waals surface area contributed by atoms with E-state index in [1.165, 1.54) is 6.07 Å². The molecule has 9 nitrogen and oxygen atoms in total. The van der Waals surface area contributed by atoms with Crippen molar-refractivity contribution in [3.05, 3.63) is 34.5 Å². The summed E-state index contributed by atoms with van der Waals surface area (Å²) in [6, 6.07) is 3.05. The van der Waals surface area contributed by atoms with Crippen LogP contribution in [0.25, 0.3) is 11.5 Å². The maximum Gasteiger partial charge on any atom is 0.259 e. The van der Waals surface area contributed by atoms with E-state index in [9.17, 15) is 14.4 Å². The minimum atomic E-state index is -0.189. The van der Waals surface area contributed by atoms with E-state index in [-0.39, 0.29) is 29.8 Å². The first-order chi connectivity index (χ1) is 13.1. The van der Waals surface area contributed by atoms with Crippen LogP contribution in [0.3, 0.4) is 0 Å². The number of rotatable bonds is 4. The second-order valence-corrected chi connectivity index (χ2v) is 6.97. The predicted molar refractivity (Wildman–Crippen MR) is 94.7 cm³/mol. The Hall–Kier alpha value is -2.97. The summed E-state index contributed by atoms with van der Waals surface area (Å²) in [5.41, 5.74) is 0.474. The second kappa shape index (κ2) is 7.34. The maximum atomic E-state index is 12.4. The average molecular weight is 371 g/mol. The van der Waals surface area contributed by atoms with Crippen molar-refractivity contribution >= 4 is 11.8 Å².